The summed E-state index contributed by atoms with van der Waals surface area (Å²) in [6.07, 6.45) is 1.75. The zero-order chi connectivity index (χ0) is 20.6. The second-order valence-corrected chi connectivity index (χ2v) is 8.04. The van der Waals surface area contributed by atoms with Gasteiger partial charge in [-0.2, -0.15) is 0 Å². The lowest BCUT2D eigenvalue weighted by Gasteiger charge is -2.28. The summed E-state index contributed by atoms with van der Waals surface area (Å²) >= 11 is 0. The van der Waals surface area contributed by atoms with Gasteiger partial charge >= 0.3 is 0 Å². The highest BCUT2D eigenvalue weighted by Gasteiger charge is 2.53. The van der Waals surface area contributed by atoms with Crippen molar-refractivity contribution in [2.75, 3.05) is 44.3 Å². The first-order valence-electron chi connectivity index (χ1n) is 9.72. The molecular formula is C21H25FN4O3. The van der Waals surface area contributed by atoms with Crippen molar-refractivity contribution in [2.24, 2.45) is 11.3 Å². The van der Waals surface area contributed by atoms with Gasteiger partial charge in [0.1, 0.15) is 17.4 Å². The average molecular weight is 400 g/mol. The lowest BCUT2D eigenvalue weighted by molar-refractivity contribution is -0.132. The number of carbonyl (C=O) groups excluding carboxylic acids is 1. The molecule has 0 radical (unpaired) electrons. The van der Waals surface area contributed by atoms with Crippen molar-refractivity contribution in [1.82, 2.24) is 14.9 Å². The van der Waals surface area contributed by atoms with Gasteiger partial charge in [0.25, 0.3) is 5.91 Å². The summed E-state index contributed by atoms with van der Waals surface area (Å²) in [6.45, 7) is 6.16. The Labute approximate surface area is 169 Å². The average Bonchev–Trinajstić information content (AvgIpc) is 3.24. The largest absolute Gasteiger partial charge is 0.484 e. The molecule has 0 unspecified atom stereocenters. The van der Waals surface area contributed by atoms with E-state index in [2.05, 4.69) is 14.9 Å². The van der Waals surface area contributed by atoms with Gasteiger partial charge in [0, 0.05) is 43.7 Å². The maximum Gasteiger partial charge on any atom is 0.260 e. The van der Waals surface area contributed by atoms with E-state index >= 15 is 0 Å². The predicted molar refractivity (Wildman–Crippen MR) is 105 cm³/mol. The molecule has 1 aromatic carbocycles. The zero-order valence-corrected chi connectivity index (χ0v) is 16.6. The van der Waals surface area contributed by atoms with Crippen LogP contribution in [0.3, 0.4) is 0 Å². The molecule has 2 atom stereocenters. The van der Waals surface area contributed by atoms with E-state index in [9.17, 15) is 14.3 Å². The molecule has 0 saturated carbocycles. The molecule has 7 nitrogen and oxygen atoms in total. The van der Waals surface area contributed by atoms with Gasteiger partial charge in [0.15, 0.2) is 6.61 Å². The number of hydrogen-bond acceptors (Lipinski definition) is 6. The first kappa shape index (κ1) is 19.6. The number of ether oxygens (including phenoxy) is 1. The number of rotatable bonds is 5. The molecule has 29 heavy (non-hydrogen) atoms. The Morgan fingerprint density at radius 1 is 1.28 bits per heavy atom. The van der Waals surface area contributed by atoms with Crippen molar-refractivity contribution < 1.29 is 19.0 Å². The quantitative estimate of drug-likeness (QED) is 0.821. The number of aryl methyl sites for hydroxylation is 2. The van der Waals surface area contributed by atoms with Crippen LogP contribution in [-0.4, -0.2) is 65.3 Å². The molecular weight excluding hydrogens is 375 g/mol. The molecule has 0 bridgehead atoms. The lowest BCUT2D eigenvalue weighted by atomic mass is 9.82. The molecule has 0 spiro atoms. The van der Waals surface area contributed by atoms with Crippen molar-refractivity contribution in [2.45, 2.75) is 13.8 Å². The normalized spacial score (nSPS) is 23.4. The molecule has 2 aliphatic heterocycles. The molecule has 3 heterocycles. The van der Waals surface area contributed by atoms with E-state index in [1.165, 1.54) is 24.3 Å². The van der Waals surface area contributed by atoms with Crippen LogP contribution in [0.25, 0.3) is 0 Å². The number of benzene rings is 1. The maximum absolute atomic E-state index is 13.0. The van der Waals surface area contributed by atoms with Gasteiger partial charge in [-0.25, -0.2) is 9.37 Å². The minimum atomic E-state index is -0.372. The van der Waals surface area contributed by atoms with Gasteiger partial charge in [0.2, 0.25) is 0 Å². The summed E-state index contributed by atoms with van der Waals surface area (Å²) in [4.78, 5) is 25.6. The second-order valence-electron chi connectivity index (χ2n) is 8.04. The fourth-order valence-corrected chi connectivity index (χ4v) is 4.35. The molecule has 1 N–H and O–H groups in total. The fraction of sp³-hybridized carbons (Fsp3) is 0.476. The van der Waals surface area contributed by atoms with Crippen LogP contribution < -0.4 is 9.64 Å². The number of aromatic nitrogens is 2. The van der Waals surface area contributed by atoms with Crippen LogP contribution in [0.1, 0.15) is 11.4 Å². The van der Waals surface area contributed by atoms with Crippen molar-refractivity contribution in [3.63, 3.8) is 0 Å². The minimum absolute atomic E-state index is 0.00899. The van der Waals surface area contributed by atoms with Gasteiger partial charge in [-0.3, -0.25) is 9.78 Å². The minimum Gasteiger partial charge on any atom is -0.484 e. The molecule has 1 aromatic heterocycles. The van der Waals surface area contributed by atoms with Gasteiger partial charge in [-0.05, 0) is 38.1 Å². The van der Waals surface area contributed by atoms with Gasteiger partial charge in [-0.1, -0.05) is 0 Å². The third-order valence-electron chi connectivity index (χ3n) is 5.95. The zero-order valence-electron chi connectivity index (χ0n) is 16.6. The molecule has 2 fully saturated rings. The van der Waals surface area contributed by atoms with Gasteiger partial charge < -0.3 is 19.6 Å². The van der Waals surface area contributed by atoms with Crippen LogP contribution in [0.15, 0.2) is 30.5 Å². The van der Waals surface area contributed by atoms with Crippen LogP contribution in [0.5, 0.6) is 5.75 Å². The molecule has 2 saturated heterocycles. The number of fused-ring (bicyclic) bond motifs is 1. The highest BCUT2D eigenvalue weighted by atomic mass is 19.1. The van der Waals surface area contributed by atoms with E-state index in [0.29, 0.717) is 25.4 Å². The highest BCUT2D eigenvalue weighted by Crippen LogP contribution is 2.43. The number of hydrogen-bond donors (Lipinski definition) is 1. The maximum atomic E-state index is 13.0. The van der Waals surface area contributed by atoms with E-state index in [1.807, 2.05) is 13.8 Å². The summed E-state index contributed by atoms with van der Waals surface area (Å²) < 4.78 is 18.5. The van der Waals surface area contributed by atoms with Gasteiger partial charge in [-0.15, -0.1) is 0 Å². The Hall–Kier alpha value is -2.74. The van der Waals surface area contributed by atoms with E-state index in [4.69, 9.17) is 4.74 Å². The summed E-state index contributed by atoms with van der Waals surface area (Å²) in [5, 5.41) is 10.2. The first-order valence-corrected chi connectivity index (χ1v) is 9.72. The Morgan fingerprint density at radius 2 is 2.03 bits per heavy atom. The molecule has 154 valence electrons. The number of aliphatic hydroxyl groups is 1. The summed E-state index contributed by atoms with van der Waals surface area (Å²) in [5.74, 6) is 0.984. The van der Waals surface area contributed by atoms with E-state index in [-0.39, 0.29) is 36.3 Å². The van der Waals surface area contributed by atoms with Crippen LogP contribution in [0, 0.1) is 31.0 Å². The molecule has 8 heteroatoms. The third kappa shape index (κ3) is 3.76. The Bertz CT molecular complexity index is 907. The van der Waals surface area contributed by atoms with Crippen LogP contribution in [0.4, 0.5) is 10.2 Å². The van der Waals surface area contributed by atoms with Crippen molar-refractivity contribution in [1.29, 1.82) is 0 Å². The van der Waals surface area contributed by atoms with E-state index < -0.39 is 0 Å². The smallest absolute Gasteiger partial charge is 0.260 e. The Balaban J connectivity index is 1.41. The Morgan fingerprint density at radius 3 is 2.72 bits per heavy atom. The topological polar surface area (TPSA) is 78.8 Å². The second kappa shape index (κ2) is 7.59. The third-order valence-corrected chi connectivity index (χ3v) is 5.95. The number of anilines is 1. The van der Waals surface area contributed by atoms with Crippen molar-refractivity contribution in [3.05, 3.63) is 47.7 Å². The molecule has 2 aliphatic rings. The van der Waals surface area contributed by atoms with Crippen LogP contribution in [-0.2, 0) is 4.79 Å². The molecule has 1 amide bonds. The molecule has 2 aromatic rings. The number of aliphatic hydroxyl groups excluding tert-OH is 1. The molecule has 4 rings (SSSR count). The number of halogens is 1. The molecule has 0 aliphatic carbocycles. The number of likely N-dealkylation sites (tertiary alicyclic amines) is 1. The van der Waals surface area contributed by atoms with E-state index in [0.717, 1.165) is 23.8 Å². The first-order chi connectivity index (χ1) is 13.9. The van der Waals surface area contributed by atoms with Crippen molar-refractivity contribution in [3.8, 4) is 5.75 Å². The van der Waals surface area contributed by atoms with Crippen molar-refractivity contribution >= 4 is 11.7 Å². The highest BCUT2D eigenvalue weighted by molar-refractivity contribution is 5.78. The number of nitrogens with zero attached hydrogens (tertiary/aromatic N) is 4. The van der Waals surface area contributed by atoms with Crippen LogP contribution >= 0.6 is 0 Å². The summed E-state index contributed by atoms with van der Waals surface area (Å²) in [6, 6.07) is 5.59. The lowest BCUT2D eigenvalue weighted by Crippen LogP contribution is -2.40. The van der Waals surface area contributed by atoms with Crippen LogP contribution in [0.2, 0.25) is 0 Å². The summed E-state index contributed by atoms with van der Waals surface area (Å²) in [7, 11) is 0. The summed E-state index contributed by atoms with van der Waals surface area (Å²) in [5.41, 5.74) is 1.35. The monoisotopic (exact) mass is 400 g/mol. The standard InChI is InChI=1S/C21H25FN4O3/c1-14-7-23-15(2)20(24-14)26-9-16-8-25(11-21(16,12-26)13-27)19(28)10-29-18-5-3-17(22)4-6-18/h3-7,16,27H,8-13H2,1-2H3/t16-,21+/m1/s1. The Kier molecular flexibility index (Phi) is 5.12. The SMILES string of the molecule is Cc1cnc(C)c(N2C[C@H]3CN(C(=O)COc4ccc(F)cc4)C[C@@]3(CO)C2)n1. The number of carbonyl (C=O) groups is 1. The predicted octanol–water partition coefficient (Wildman–Crippen LogP) is 1.57. The van der Waals surface area contributed by atoms with E-state index in [1.54, 1.807) is 11.1 Å². The number of amides is 1. The fourth-order valence-electron chi connectivity index (χ4n) is 4.35. The van der Waals surface area contributed by atoms with Gasteiger partial charge in [0.05, 0.1) is 18.0 Å².